The van der Waals surface area contributed by atoms with Gasteiger partial charge in [0.25, 0.3) is 9.05 Å². The molecule has 1 aliphatic rings. The van der Waals surface area contributed by atoms with E-state index in [2.05, 4.69) is 4.72 Å². The molecule has 1 saturated carbocycles. The minimum absolute atomic E-state index is 0.0106. The Balaban J connectivity index is 2.28. The molecule has 0 spiro atoms. The van der Waals surface area contributed by atoms with Gasteiger partial charge >= 0.3 is 0 Å². The molecule has 0 bridgehead atoms. The average molecular weight is 296 g/mol. The van der Waals surface area contributed by atoms with Crippen LogP contribution in [0.3, 0.4) is 0 Å². The van der Waals surface area contributed by atoms with Crippen LogP contribution < -0.4 is 4.72 Å². The molecule has 0 aromatic heterocycles. The van der Waals surface area contributed by atoms with Crippen LogP contribution in [-0.4, -0.2) is 22.9 Å². The van der Waals surface area contributed by atoms with Crippen molar-refractivity contribution in [2.75, 3.05) is 0 Å². The molecule has 1 aromatic carbocycles. The summed E-state index contributed by atoms with van der Waals surface area (Å²) >= 11 is 0. The Labute approximate surface area is 104 Å². The van der Waals surface area contributed by atoms with Crippen molar-refractivity contribution in [2.24, 2.45) is 0 Å². The van der Waals surface area contributed by atoms with Gasteiger partial charge in [-0.3, -0.25) is 0 Å². The summed E-state index contributed by atoms with van der Waals surface area (Å²) in [6, 6.07) is 4.80. The van der Waals surface area contributed by atoms with E-state index in [9.17, 15) is 16.8 Å². The Morgan fingerprint density at radius 3 is 1.88 bits per heavy atom. The highest BCUT2D eigenvalue weighted by Gasteiger charge is 2.28. The zero-order valence-electron chi connectivity index (χ0n) is 8.63. The highest BCUT2D eigenvalue weighted by atomic mass is 35.7. The molecule has 0 unspecified atom stereocenters. The van der Waals surface area contributed by atoms with Crippen molar-refractivity contribution in [3.05, 3.63) is 24.3 Å². The van der Waals surface area contributed by atoms with Crippen LogP contribution in [0.4, 0.5) is 0 Å². The van der Waals surface area contributed by atoms with Gasteiger partial charge in [-0.15, -0.1) is 0 Å². The summed E-state index contributed by atoms with van der Waals surface area (Å²) in [5.41, 5.74) is 0. The molecular formula is C9H10ClNO4S2. The third kappa shape index (κ3) is 3.19. The van der Waals surface area contributed by atoms with Crippen LogP contribution in [0.2, 0.25) is 0 Å². The maximum Gasteiger partial charge on any atom is 0.261 e. The third-order valence-corrected chi connectivity index (χ3v) is 5.22. The third-order valence-electron chi connectivity index (χ3n) is 2.31. The van der Waals surface area contributed by atoms with Crippen LogP contribution in [0.5, 0.6) is 0 Å². The number of halogens is 1. The van der Waals surface area contributed by atoms with Crippen molar-refractivity contribution in [2.45, 2.75) is 28.7 Å². The van der Waals surface area contributed by atoms with E-state index >= 15 is 0 Å². The van der Waals surface area contributed by atoms with Gasteiger partial charge in [0.1, 0.15) is 0 Å². The van der Waals surface area contributed by atoms with Crippen molar-refractivity contribution in [3.63, 3.8) is 0 Å². The highest BCUT2D eigenvalue weighted by molar-refractivity contribution is 8.13. The normalized spacial score (nSPS) is 17.0. The van der Waals surface area contributed by atoms with Crippen molar-refractivity contribution in [3.8, 4) is 0 Å². The van der Waals surface area contributed by atoms with Crippen LogP contribution in [0.15, 0.2) is 34.1 Å². The minimum atomic E-state index is -3.82. The van der Waals surface area contributed by atoms with Gasteiger partial charge in [-0.2, -0.15) is 0 Å². The number of nitrogens with one attached hydrogen (secondary N) is 1. The van der Waals surface area contributed by atoms with Crippen LogP contribution in [0, 0.1) is 0 Å². The fourth-order valence-corrected chi connectivity index (χ4v) is 3.34. The number of rotatable bonds is 4. The van der Waals surface area contributed by atoms with Crippen molar-refractivity contribution in [1.82, 2.24) is 4.72 Å². The summed E-state index contributed by atoms with van der Waals surface area (Å²) in [6.45, 7) is 0. The molecule has 0 atom stereocenters. The van der Waals surface area contributed by atoms with E-state index in [4.69, 9.17) is 10.7 Å². The van der Waals surface area contributed by atoms with Gasteiger partial charge in [0, 0.05) is 16.7 Å². The van der Waals surface area contributed by atoms with Crippen LogP contribution in [0.25, 0.3) is 0 Å². The van der Waals surface area contributed by atoms with Crippen molar-refractivity contribution >= 4 is 29.8 Å². The lowest BCUT2D eigenvalue weighted by Crippen LogP contribution is -2.25. The van der Waals surface area contributed by atoms with Gasteiger partial charge in [-0.05, 0) is 37.1 Å². The zero-order valence-corrected chi connectivity index (χ0v) is 11.0. The molecule has 0 amide bonds. The standard InChI is InChI=1S/C9H10ClNO4S2/c10-16(12,13)8-3-5-9(6-4-8)17(14,15)11-7-1-2-7/h3-7,11H,1-2H2. The predicted molar refractivity (Wildman–Crippen MR) is 62.8 cm³/mol. The lowest BCUT2D eigenvalue weighted by molar-refractivity contribution is 0.580. The summed E-state index contributed by atoms with van der Waals surface area (Å²) in [5.74, 6) is 0. The van der Waals surface area contributed by atoms with E-state index < -0.39 is 19.1 Å². The van der Waals surface area contributed by atoms with Gasteiger partial charge in [0.15, 0.2) is 0 Å². The minimum Gasteiger partial charge on any atom is -0.208 e. The topological polar surface area (TPSA) is 80.3 Å². The van der Waals surface area contributed by atoms with Crippen LogP contribution in [-0.2, 0) is 19.1 Å². The number of hydrogen-bond donors (Lipinski definition) is 1. The van der Waals surface area contributed by atoms with E-state index in [-0.39, 0.29) is 15.8 Å². The molecule has 94 valence electrons. The van der Waals surface area contributed by atoms with Gasteiger partial charge in [0.2, 0.25) is 10.0 Å². The Morgan fingerprint density at radius 2 is 1.47 bits per heavy atom. The van der Waals surface area contributed by atoms with Gasteiger partial charge in [-0.25, -0.2) is 21.6 Å². The first-order valence-electron chi connectivity index (χ1n) is 4.86. The molecular weight excluding hydrogens is 286 g/mol. The maximum absolute atomic E-state index is 11.8. The number of benzene rings is 1. The molecule has 5 nitrogen and oxygen atoms in total. The zero-order chi connectivity index (χ0) is 12.7. The molecule has 0 saturated heterocycles. The quantitative estimate of drug-likeness (QED) is 0.842. The Hall–Kier alpha value is -0.630. The largest absolute Gasteiger partial charge is 0.261 e. The van der Waals surface area contributed by atoms with Crippen LogP contribution >= 0.6 is 10.7 Å². The SMILES string of the molecule is O=S(=O)(Cl)c1ccc(S(=O)(=O)NC2CC2)cc1. The first-order valence-corrected chi connectivity index (χ1v) is 8.65. The molecule has 1 aliphatic carbocycles. The van der Waals surface area contributed by atoms with E-state index in [1.54, 1.807) is 0 Å². The van der Waals surface area contributed by atoms with E-state index in [0.29, 0.717) is 0 Å². The van der Waals surface area contributed by atoms with Gasteiger partial charge in [-0.1, -0.05) is 0 Å². The monoisotopic (exact) mass is 295 g/mol. The molecule has 0 aliphatic heterocycles. The smallest absolute Gasteiger partial charge is 0.208 e. The lowest BCUT2D eigenvalue weighted by Gasteiger charge is -2.05. The highest BCUT2D eigenvalue weighted by Crippen LogP contribution is 2.23. The molecule has 0 radical (unpaired) electrons. The first kappa shape index (κ1) is 12.8. The number of hydrogen-bond acceptors (Lipinski definition) is 4. The number of sulfonamides is 1. The maximum atomic E-state index is 11.8. The summed E-state index contributed by atoms with van der Waals surface area (Å²) in [4.78, 5) is -0.0852. The van der Waals surface area contributed by atoms with Gasteiger partial charge < -0.3 is 0 Å². The summed E-state index contributed by atoms with van der Waals surface area (Å²) in [7, 11) is -2.24. The Kier molecular flexibility index (Phi) is 3.19. The summed E-state index contributed by atoms with van der Waals surface area (Å²) < 4.78 is 48.0. The molecule has 1 N–H and O–H groups in total. The van der Waals surface area contributed by atoms with E-state index in [0.717, 1.165) is 12.8 Å². The second kappa shape index (κ2) is 4.24. The second-order valence-electron chi connectivity index (χ2n) is 3.80. The van der Waals surface area contributed by atoms with Crippen LogP contribution in [0.1, 0.15) is 12.8 Å². The molecule has 0 heterocycles. The summed E-state index contributed by atoms with van der Waals surface area (Å²) in [6.07, 6.45) is 1.68. The lowest BCUT2D eigenvalue weighted by atomic mass is 10.4. The van der Waals surface area contributed by atoms with E-state index in [1.807, 2.05) is 0 Å². The molecule has 17 heavy (non-hydrogen) atoms. The predicted octanol–water partition coefficient (Wildman–Crippen LogP) is 1.05. The van der Waals surface area contributed by atoms with Gasteiger partial charge in [0.05, 0.1) is 9.79 Å². The Bertz CT molecular complexity index is 617. The van der Waals surface area contributed by atoms with Crippen molar-refractivity contribution < 1.29 is 16.8 Å². The summed E-state index contributed by atoms with van der Waals surface area (Å²) in [5, 5.41) is 0. The molecule has 1 fully saturated rings. The fraction of sp³-hybridized carbons (Fsp3) is 0.333. The van der Waals surface area contributed by atoms with E-state index in [1.165, 1.54) is 24.3 Å². The molecule has 1 aromatic rings. The fourth-order valence-electron chi connectivity index (χ4n) is 1.27. The molecule has 2 rings (SSSR count). The molecule has 8 heteroatoms. The Morgan fingerprint density at radius 1 is 1.00 bits per heavy atom. The second-order valence-corrected chi connectivity index (χ2v) is 8.08. The van der Waals surface area contributed by atoms with Crippen molar-refractivity contribution in [1.29, 1.82) is 0 Å². The first-order chi connectivity index (χ1) is 7.79. The average Bonchev–Trinajstić information content (AvgIpc) is 3.00.